The van der Waals surface area contributed by atoms with Gasteiger partial charge in [-0.05, 0) is 41.0 Å². The van der Waals surface area contributed by atoms with Crippen LogP contribution in [0.1, 0.15) is 11.1 Å². The Hall–Kier alpha value is -0.907. The van der Waals surface area contributed by atoms with Gasteiger partial charge in [0.15, 0.2) is 0 Å². The maximum atomic E-state index is 5.04. The first-order valence-corrected chi connectivity index (χ1v) is 23.9. The third-order valence-electron chi connectivity index (χ3n) is 4.44. The first-order chi connectivity index (χ1) is 15.4. The fraction of sp³-hybridized carbons (Fsp3) is 0. The number of hydrogen-bond donors (Lipinski definition) is 0. The van der Waals surface area contributed by atoms with Crippen molar-refractivity contribution in [3.05, 3.63) is 132 Å². The molecular weight excluding hydrogens is 576 g/mol. The minimum atomic E-state index is -3.29. The summed E-state index contributed by atoms with van der Waals surface area (Å²) < 4.78 is 0. The fourth-order valence-corrected chi connectivity index (χ4v) is 5.65. The van der Waals surface area contributed by atoms with Gasteiger partial charge in [-0.1, -0.05) is 121 Å². The zero-order valence-corrected chi connectivity index (χ0v) is 23.5. The predicted molar refractivity (Wildman–Crippen MR) is 143 cm³/mol. The summed E-state index contributed by atoms with van der Waals surface area (Å²) >= 11 is -3.29. The van der Waals surface area contributed by atoms with Crippen LogP contribution in [0.5, 0.6) is 0 Å². The Morgan fingerprint density at radius 1 is 0.531 bits per heavy atom. The standard InChI is InChI=1S/C26H21P.4ClH.Zr/c1-5-13-22(14-6-1)21-26(23-15-7-2-8-16-23)27(24-17-9-3-10-18-24)25-19-11-4-12-20-25;;;;;/h1-21H;4*1H;/q;;;;;+4/p-4. The van der Waals surface area contributed by atoms with E-state index < -0.39 is 23.4 Å². The van der Waals surface area contributed by atoms with E-state index in [1.165, 1.54) is 27.1 Å². The van der Waals surface area contributed by atoms with Gasteiger partial charge in [0.1, 0.15) is 0 Å². The minimum absolute atomic E-state index is 0.653. The van der Waals surface area contributed by atoms with Crippen LogP contribution < -0.4 is 10.6 Å². The van der Waals surface area contributed by atoms with Crippen LogP contribution >= 0.6 is 42.0 Å². The van der Waals surface area contributed by atoms with Gasteiger partial charge in [-0.15, -0.1) is 0 Å². The summed E-state index contributed by atoms with van der Waals surface area (Å²) in [4.78, 5) is 0. The zero-order valence-electron chi connectivity index (χ0n) is 17.1. The molecule has 0 aliphatic carbocycles. The van der Waals surface area contributed by atoms with Crippen LogP contribution in [-0.2, 0) is 15.5 Å². The molecule has 0 spiro atoms. The summed E-state index contributed by atoms with van der Waals surface area (Å²) in [6.07, 6.45) is 2.35. The molecule has 0 fully saturated rings. The van der Waals surface area contributed by atoms with E-state index in [9.17, 15) is 0 Å². The molecule has 162 valence electrons. The van der Waals surface area contributed by atoms with E-state index in [2.05, 4.69) is 127 Å². The molecule has 0 unspecified atom stereocenters. The van der Waals surface area contributed by atoms with E-state index in [0.717, 1.165) is 0 Å². The summed E-state index contributed by atoms with van der Waals surface area (Å²) in [5.41, 5.74) is 2.51. The molecule has 32 heavy (non-hydrogen) atoms. The topological polar surface area (TPSA) is 0 Å². The van der Waals surface area contributed by atoms with Crippen LogP contribution in [0.3, 0.4) is 0 Å². The molecule has 0 atom stereocenters. The summed E-state index contributed by atoms with van der Waals surface area (Å²) in [6, 6.07) is 43.1. The van der Waals surface area contributed by atoms with Gasteiger partial charge in [0.25, 0.3) is 0 Å². The van der Waals surface area contributed by atoms with E-state index in [-0.39, 0.29) is 0 Å². The molecule has 0 amide bonds. The van der Waals surface area contributed by atoms with Gasteiger partial charge in [-0.2, -0.15) is 0 Å². The maximum absolute atomic E-state index is 5.04. The number of halogens is 4. The van der Waals surface area contributed by atoms with Gasteiger partial charge < -0.3 is 0 Å². The number of hydrogen-bond acceptors (Lipinski definition) is 0. The van der Waals surface area contributed by atoms with E-state index in [1.54, 1.807) is 0 Å². The summed E-state index contributed by atoms with van der Waals surface area (Å²) in [7, 11) is 19.5. The normalized spacial score (nSPS) is 11.6. The van der Waals surface area contributed by atoms with Crippen molar-refractivity contribution in [2.45, 2.75) is 0 Å². The average Bonchev–Trinajstić information content (AvgIpc) is 2.80. The van der Waals surface area contributed by atoms with Gasteiger partial charge in [0.05, 0.1) is 0 Å². The second-order valence-electron chi connectivity index (χ2n) is 6.74. The Morgan fingerprint density at radius 3 is 1.28 bits per heavy atom. The first kappa shape index (κ1) is 25.7. The van der Waals surface area contributed by atoms with Gasteiger partial charge in [-0.25, -0.2) is 0 Å². The summed E-state index contributed by atoms with van der Waals surface area (Å²) in [5.74, 6) is 0. The Bertz CT molecular complexity index is 1050. The van der Waals surface area contributed by atoms with Crippen molar-refractivity contribution in [3.8, 4) is 0 Å². The van der Waals surface area contributed by atoms with Gasteiger partial charge in [-0.3, -0.25) is 0 Å². The Morgan fingerprint density at radius 2 is 0.875 bits per heavy atom. The van der Waals surface area contributed by atoms with Gasteiger partial charge in [0.2, 0.25) is 0 Å². The van der Waals surface area contributed by atoms with Crippen LogP contribution in [0, 0.1) is 0 Å². The molecule has 0 bridgehead atoms. The molecule has 0 N–H and O–H groups in total. The Kier molecular flexibility index (Phi) is 10.5. The van der Waals surface area contributed by atoms with Crippen molar-refractivity contribution in [3.63, 3.8) is 0 Å². The molecule has 0 saturated carbocycles. The van der Waals surface area contributed by atoms with E-state index in [4.69, 9.17) is 34.1 Å². The van der Waals surface area contributed by atoms with Crippen molar-refractivity contribution >= 4 is 64.0 Å². The SMILES string of the molecule is C(=C(c1ccccc1)P(c1ccccc1)c1ccccc1)c1ccccc1.[Cl][Zr]([Cl])([Cl])[Cl]. The second kappa shape index (κ2) is 13.1. The van der Waals surface area contributed by atoms with E-state index in [1.807, 2.05) is 0 Å². The fourth-order valence-electron chi connectivity index (χ4n) is 3.17. The molecule has 0 aromatic heterocycles. The van der Waals surface area contributed by atoms with E-state index in [0.29, 0.717) is 0 Å². The molecule has 6 heteroatoms. The van der Waals surface area contributed by atoms with Crippen LogP contribution in [0.4, 0.5) is 0 Å². The number of rotatable bonds is 5. The van der Waals surface area contributed by atoms with Crippen molar-refractivity contribution in [1.29, 1.82) is 0 Å². The molecule has 0 aliphatic heterocycles. The predicted octanol–water partition coefficient (Wildman–Crippen LogP) is 9.07. The van der Waals surface area contributed by atoms with Crippen molar-refractivity contribution in [2.75, 3.05) is 0 Å². The van der Waals surface area contributed by atoms with Gasteiger partial charge in [0, 0.05) is 0 Å². The summed E-state index contributed by atoms with van der Waals surface area (Å²) in [5, 5.41) is 4.10. The molecule has 0 nitrogen and oxygen atoms in total. The summed E-state index contributed by atoms with van der Waals surface area (Å²) in [6.45, 7) is 0. The van der Waals surface area contributed by atoms with Crippen LogP contribution in [0.15, 0.2) is 121 Å². The van der Waals surface area contributed by atoms with Crippen LogP contribution in [-0.4, -0.2) is 0 Å². The number of benzene rings is 4. The van der Waals surface area contributed by atoms with Crippen LogP contribution in [0.25, 0.3) is 11.4 Å². The monoisotopic (exact) mass is 594 g/mol. The quantitative estimate of drug-likeness (QED) is 0.159. The van der Waals surface area contributed by atoms with Gasteiger partial charge >= 0.3 is 49.5 Å². The third kappa shape index (κ3) is 8.80. The third-order valence-corrected chi connectivity index (χ3v) is 6.94. The average molecular weight is 597 g/mol. The molecular formula is C26H21Cl4PZr. The second-order valence-corrected chi connectivity index (χ2v) is 31.3. The molecule has 4 rings (SSSR count). The molecule has 0 heterocycles. The van der Waals surface area contributed by atoms with E-state index >= 15 is 0 Å². The van der Waals surface area contributed by atoms with Crippen molar-refractivity contribution < 1.29 is 15.5 Å². The molecule has 4 aromatic rings. The Labute approximate surface area is 210 Å². The van der Waals surface area contributed by atoms with Crippen molar-refractivity contribution in [1.82, 2.24) is 0 Å². The molecule has 0 aliphatic rings. The molecule has 0 radical (unpaired) electrons. The molecule has 4 aromatic carbocycles. The van der Waals surface area contributed by atoms with Crippen molar-refractivity contribution in [2.24, 2.45) is 0 Å². The zero-order chi connectivity index (χ0) is 22.8. The first-order valence-electron chi connectivity index (χ1n) is 9.90. The molecule has 0 saturated heterocycles. The van der Waals surface area contributed by atoms with Crippen LogP contribution in [0.2, 0.25) is 0 Å². The Balaban J connectivity index is 0.000000523.